The Morgan fingerprint density at radius 3 is 2.48 bits per heavy atom. The molecule has 0 atom stereocenters. The maximum atomic E-state index is 12.7. The minimum Gasteiger partial charge on any atom is -0.444 e. The third kappa shape index (κ3) is 4.84. The Morgan fingerprint density at radius 2 is 1.85 bits per heavy atom. The number of hydrogen-bond acceptors (Lipinski definition) is 5. The normalized spacial score (nSPS) is 18.7. The molecule has 2 saturated heterocycles. The summed E-state index contributed by atoms with van der Waals surface area (Å²) in [5, 5.41) is 0.520. The summed E-state index contributed by atoms with van der Waals surface area (Å²) >= 11 is 6.38. The van der Waals surface area contributed by atoms with E-state index in [1.165, 1.54) is 4.90 Å². The second-order valence-electron chi connectivity index (χ2n) is 7.68. The van der Waals surface area contributed by atoms with Crippen LogP contribution in [0.15, 0.2) is 18.2 Å². The van der Waals surface area contributed by atoms with Gasteiger partial charge in [-0.05, 0) is 39.0 Å². The van der Waals surface area contributed by atoms with E-state index >= 15 is 0 Å². The summed E-state index contributed by atoms with van der Waals surface area (Å²) in [6, 6.07) is 5.71. The van der Waals surface area contributed by atoms with Gasteiger partial charge in [-0.2, -0.15) is 0 Å². The van der Waals surface area contributed by atoms with E-state index in [0.29, 0.717) is 37.0 Å². The van der Waals surface area contributed by atoms with Crippen molar-refractivity contribution >= 4 is 35.0 Å². The van der Waals surface area contributed by atoms with Crippen LogP contribution in [0.3, 0.4) is 0 Å². The fourth-order valence-corrected chi connectivity index (χ4v) is 3.36. The lowest BCUT2D eigenvalue weighted by Crippen LogP contribution is -2.53. The van der Waals surface area contributed by atoms with Crippen LogP contribution >= 0.6 is 11.6 Å². The Bertz CT molecular complexity index is 713. The zero-order chi connectivity index (χ0) is 19.6. The highest BCUT2D eigenvalue weighted by molar-refractivity contribution is 6.34. The number of ether oxygens (including phenoxy) is 2. The molecule has 148 valence electrons. The molecule has 0 N–H and O–H groups in total. The van der Waals surface area contributed by atoms with Gasteiger partial charge in [0.25, 0.3) is 0 Å². The van der Waals surface area contributed by atoms with Crippen molar-refractivity contribution < 1.29 is 19.1 Å². The van der Waals surface area contributed by atoms with Crippen molar-refractivity contribution in [2.24, 2.45) is 0 Å². The van der Waals surface area contributed by atoms with Gasteiger partial charge in [-0.15, -0.1) is 0 Å². The predicted octanol–water partition coefficient (Wildman–Crippen LogP) is 2.76. The van der Waals surface area contributed by atoms with Gasteiger partial charge in [0.2, 0.25) is 5.91 Å². The van der Waals surface area contributed by atoms with Crippen molar-refractivity contribution in [3.8, 4) is 0 Å². The van der Waals surface area contributed by atoms with Gasteiger partial charge in [-0.25, -0.2) is 4.79 Å². The van der Waals surface area contributed by atoms with Crippen molar-refractivity contribution in [2.75, 3.05) is 55.7 Å². The van der Waals surface area contributed by atoms with Crippen LogP contribution in [0, 0.1) is 0 Å². The molecule has 1 aromatic carbocycles. The van der Waals surface area contributed by atoms with Gasteiger partial charge in [0, 0.05) is 31.9 Å². The average molecular weight is 396 g/mol. The maximum absolute atomic E-state index is 12.7. The van der Waals surface area contributed by atoms with Gasteiger partial charge in [-0.1, -0.05) is 11.6 Å². The molecule has 0 saturated carbocycles. The van der Waals surface area contributed by atoms with Crippen molar-refractivity contribution in [3.63, 3.8) is 0 Å². The highest BCUT2D eigenvalue weighted by atomic mass is 35.5. The number of piperazine rings is 1. The molecule has 0 aromatic heterocycles. The summed E-state index contributed by atoms with van der Waals surface area (Å²) in [4.78, 5) is 30.2. The third-order valence-corrected chi connectivity index (χ3v) is 4.79. The van der Waals surface area contributed by atoms with Crippen molar-refractivity contribution in [1.82, 2.24) is 4.90 Å². The van der Waals surface area contributed by atoms with E-state index < -0.39 is 11.7 Å². The number of rotatable bonds is 2. The van der Waals surface area contributed by atoms with E-state index in [-0.39, 0.29) is 12.5 Å². The fourth-order valence-electron chi connectivity index (χ4n) is 3.14. The number of benzene rings is 1. The maximum Gasteiger partial charge on any atom is 0.410 e. The Balaban J connectivity index is 1.72. The largest absolute Gasteiger partial charge is 0.444 e. The molecule has 0 radical (unpaired) electrons. The molecule has 2 heterocycles. The Labute approximate surface area is 164 Å². The number of anilines is 2. The Morgan fingerprint density at radius 1 is 1.15 bits per heavy atom. The van der Waals surface area contributed by atoms with E-state index in [2.05, 4.69) is 4.90 Å². The van der Waals surface area contributed by atoms with Crippen LogP contribution in [0.4, 0.5) is 16.2 Å². The number of carbonyl (C=O) groups excluding carboxylic acids is 2. The van der Waals surface area contributed by atoms with E-state index in [4.69, 9.17) is 21.1 Å². The van der Waals surface area contributed by atoms with Crippen LogP contribution in [0.2, 0.25) is 5.02 Å². The summed E-state index contributed by atoms with van der Waals surface area (Å²) in [6.45, 7) is 9.16. The molecule has 27 heavy (non-hydrogen) atoms. The highest BCUT2D eigenvalue weighted by Crippen LogP contribution is 2.32. The minimum atomic E-state index is -0.590. The predicted molar refractivity (Wildman–Crippen MR) is 105 cm³/mol. The first-order chi connectivity index (χ1) is 12.7. The summed E-state index contributed by atoms with van der Waals surface area (Å²) in [7, 11) is 0. The second kappa shape index (κ2) is 7.94. The van der Waals surface area contributed by atoms with Gasteiger partial charge in [0.15, 0.2) is 0 Å². The lowest BCUT2D eigenvalue weighted by Gasteiger charge is -2.36. The molecule has 0 aliphatic carbocycles. The van der Waals surface area contributed by atoms with E-state index in [1.54, 1.807) is 25.7 Å². The molecule has 8 heteroatoms. The molecule has 2 fully saturated rings. The average Bonchev–Trinajstić information content (AvgIpc) is 2.62. The SMILES string of the molecule is CC(C)(C)OC(=O)N1CCN(c2cc(N3CCOCC3)ccc2Cl)C(=O)C1. The first-order valence-corrected chi connectivity index (χ1v) is 9.53. The van der Waals surface area contributed by atoms with Gasteiger partial charge in [0.1, 0.15) is 12.1 Å². The van der Waals surface area contributed by atoms with Crippen molar-refractivity contribution in [2.45, 2.75) is 26.4 Å². The van der Waals surface area contributed by atoms with Gasteiger partial charge in [0.05, 0.1) is 23.9 Å². The monoisotopic (exact) mass is 395 g/mol. The first-order valence-electron chi connectivity index (χ1n) is 9.15. The standard InChI is InChI=1S/C19H26ClN3O4/c1-19(2,3)27-18(25)22-6-7-23(17(24)13-22)16-12-14(4-5-15(16)20)21-8-10-26-11-9-21/h4-5,12H,6-11,13H2,1-3H3. The van der Waals surface area contributed by atoms with Crippen LogP contribution in [-0.2, 0) is 14.3 Å². The molecule has 3 rings (SSSR count). The van der Waals surface area contributed by atoms with Gasteiger partial charge < -0.3 is 19.3 Å². The van der Waals surface area contributed by atoms with Crippen LogP contribution < -0.4 is 9.80 Å². The topological polar surface area (TPSA) is 62.3 Å². The lowest BCUT2D eigenvalue weighted by atomic mass is 10.2. The molecular weight excluding hydrogens is 370 g/mol. The second-order valence-corrected chi connectivity index (χ2v) is 8.09. The lowest BCUT2D eigenvalue weighted by molar-refractivity contribution is -0.121. The molecule has 7 nitrogen and oxygen atoms in total. The fraction of sp³-hybridized carbons (Fsp3) is 0.579. The number of amides is 2. The minimum absolute atomic E-state index is 0.0208. The van der Waals surface area contributed by atoms with Crippen LogP contribution in [0.25, 0.3) is 0 Å². The molecular formula is C19H26ClN3O4. The first kappa shape index (κ1) is 19.8. The molecule has 1 aromatic rings. The number of carbonyl (C=O) groups is 2. The van der Waals surface area contributed by atoms with Crippen LogP contribution in [-0.4, -0.2) is 68.4 Å². The van der Waals surface area contributed by atoms with E-state index in [0.717, 1.165) is 18.8 Å². The molecule has 2 amide bonds. The number of hydrogen-bond donors (Lipinski definition) is 0. The van der Waals surface area contributed by atoms with Gasteiger partial charge in [-0.3, -0.25) is 9.69 Å². The van der Waals surface area contributed by atoms with Crippen LogP contribution in [0.1, 0.15) is 20.8 Å². The highest BCUT2D eigenvalue weighted by Gasteiger charge is 2.32. The third-order valence-electron chi connectivity index (χ3n) is 4.47. The Kier molecular flexibility index (Phi) is 5.81. The molecule has 0 spiro atoms. The molecule has 2 aliphatic rings. The molecule has 0 bridgehead atoms. The van der Waals surface area contributed by atoms with Crippen molar-refractivity contribution in [3.05, 3.63) is 23.2 Å². The molecule has 2 aliphatic heterocycles. The molecule has 0 unspecified atom stereocenters. The smallest absolute Gasteiger partial charge is 0.410 e. The summed E-state index contributed by atoms with van der Waals surface area (Å²) in [6.07, 6.45) is -0.469. The summed E-state index contributed by atoms with van der Waals surface area (Å²) in [5.41, 5.74) is 1.10. The quantitative estimate of drug-likeness (QED) is 0.770. The summed E-state index contributed by atoms with van der Waals surface area (Å²) < 4.78 is 10.8. The van der Waals surface area contributed by atoms with E-state index in [9.17, 15) is 9.59 Å². The Hall–Kier alpha value is -1.99. The van der Waals surface area contributed by atoms with Gasteiger partial charge >= 0.3 is 6.09 Å². The zero-order valence-corrected chi connectivity index (χ0v) is 16.8. The zero-order valence-electron chi connectivity index (χ0n) is 16.0. The van der Waals surface area contributed by atoms with E-state index in [1.807, 2.05) is 18.2 Å². The van der Waals surface area contributed by atoms with Crippen LogP contribution in [0.5, 0.6) is 0 Å². The van der Waals surface area contributed by atoms with Crippen molar-refractivity contribution in [1.29, 1.82) is 0 Å². The number of nitrogens with zero attached hydrogens (tertiary/aromatic N) is 3. The number of halogens is 1. The number of morpholine rings is 1. The summed E-state index contributed by atoms with van der Waals surface area (Å²) in [5.74, 6) is -0.173.